The second-order valence-electron chi connectivity index (χ2n) is 7.26. The number of rotatable bonds is 5. The second kappa shape index (κ2) is 8.89. The number of nitrogens with two attached hydrogens (primary N) is 1. The van der Waals surface area contributed by atoms with Gasteiger partial charge in [-0.05, 0) is 53.8 Å². The van der Waals surface area contributed by atoms with E-state index in [-0.39, 0.29) is 0 Å². The lowest BCUT2D eigenvalue weighted by atomic mass is 10.0. The number of imide groups is 1. The highest BCUT2D eigenvalue weighted by Gasteiger charge is 2.28. The Morgan fingerprint density at radius 1 is 1.09 bits per heavy atom. The lowest BCUT2D eigenvalue weighted by Gasteiger charge is -2.12. The van der Waals surface area contributed by atoms with Crippen LogP contribution in [-0.2, 0) is 16.0 Å². The zero-order valence-electron chi connectivity index (χ0n) is 17.4. The highest BCUT2D eigenvalue weighted by Crippen LogP contribution is 2.37. The summed E-state index contributed by atoms with van der Waals surface area (Å²) in [6, 6.07) is 14.0. The Labute approximate surface area is 184 Å². The van der Waals surface area contributed by atoms with E-state index in [9.17, 15) is 14.4 Å². The van der Waals surface area contributed by atoms with Crippen LogP contribution in [0.2, 0.25) is 0 Å². The minimum atomic E-state index is -1.00. The molecule has 3 aromatic rings. The topological polar surface area (TPSA) is 121 Å². The zero-order valence-corrected chi connectivity index (χ0v) is 17.4. The van der Waals surface area contributed by atoms with Gasteiger partial charge >= 0.3 is 12.0 Å². The molecule has 0 saturated heterocycles. The van der Waals surface area contributed by atoms with Gasteiger partial charge in [0.2, 0.25) is 0 Å². The van der Waals surface area contributed by atoms with E-state index in [1.807, 2.05) is 53.9 Å². The van der Waals surface area contributed by atoms with Gasteiger partial charge in [-0.25, -0.2) is 14.6 Å². The summed E-state index contributed by atoms with van der Waals surface area (Å²) in [5.41, 5.74) is 9.49. The molecule has 0 bridgehead atoms. The molecular formula is C24H21N3O5. The van der Waals surface area contributed by atoms with Crippen molar-refractivity contribution in [1.29, 1.82) is 0 Å². The van der Waals surface area contributed by atoms with Crippen molar-refractivity contribution in [2.45, 2.75) is 12.8 Å². The molecule has 1 aliphatic rings. The maximum atomic E-state index is 13.0. The number of ether oxygens (including phenoxy) is 2. The number of methoxy groups -OCH3 is 1. The summed E-state index contributed by atoms with van der Waals surface area (Å²) in [6.45, 7) is -0.609. The summed E-state index contributed by atoms with van der Waals surface area (Å²) < 4.78 is 10.4. The molecule has 8 heteroatoms. The molecule has 0 radical (unpaired) electrons. The number of benzene rings is 2. The van der Waals surface area contributed by atoms with Crippen LogP contribution in [0.5, 0.6) is 5.75 Å². The third-order valence-electron chi connectivity index (χ3n) is 5.20. The number of esters is 1. The van der Waals surface area contributed by atoms with Crippen molar-refractivity contribution >= 4 is 40.5 Å². The predicted octanol–water partition coefficient (Wildman–Crippen LogP) is 3.08. The van der Waals surface area contributed by atoms with E-state index >= 15 is 0 Å². The van der Waals surface area contributed by atoms with Crippen molar-refractivity contribution in [2.75, 3.05) is 13.7 Å². The van der Waals surface area contributed by atoms with Crippen LogP contribution < -0.4 is 15.8 Å². The van der Waals surface area contributed by atoms with Crippen molar-refractivity contribution in [3.63, 3.8) is 0 Å². The molecule has 4 rings (SSSR count). The van der Waals surface area contributed by atoms with E-state index in [0.29, 0.717) is 29.3 Å². The van der Waals surface area contributed by atoms with Gasteiger partial charge in [-0.1, -0.05) is 30.3 Å². The monoisotopic (exact) mass is 431 g/mol. The summed E-state index contributed by atoms with van der Waals surface area (Å²) in [5, 5.41) is 2.52. The van der Waals surface area contributed by atoms with Crippen LogP contribution in [-0.4, -0.2) is 36.6 Å². The molecule has 1 heterocycles. The van der Waals surface area contributed by atoms with Gasteiger partial charge in [0.05, 0.1) is 23.9 Å². The number of nitrogens with zero attached hydrogens (tertiary/aromatic N) is 1. The highest BCUT2D eigenvalue weighted by atomic mass is 16.5. The number of hydrogen-bond donors (Lipinski definition) is 2. The van der Waals surface area contributed by atoms with Gasteiger partial charge in [-0.2, -0.15) is 0 Å². The van der Waals surface area contributed by atoms with Crippen LogP contribution in [0.1, 0.15) is 33.6 Å². The molecule has 8 nitrogen and oxygen atoms in total. The van der Waals surface area contributed by atoms with E-state index in [1.54, 1.807) is 13.2 Å². The third-order valence-corrected chi connectivity index (χ3v) is 5.20. The van der Waals surface area contributed by atoms with Crippen LogP contribution in [0.25, 0.3) is 22.6 Å². The van der Waals surface area contributed by atoms with Crippen molar-refractivity contribution < 1.29 is 23.9 Å². The molecular weight excluding hydrogens is 410 g/mol. The highest BCUT2D eigenvalue weighted by molar-refractivity contribution is 6.08. The SMILES string of the molecule is COc1ccc(C=C2CCc3c2nc2ccccc2c3C(=O)OCC(=O)NC(N)=O)cc1. The van der Waals surface area contributed by atoms with E-state index < -0.39 is 24.5 Å². The van der Waals surface area contributed by atoms with Crippen molar-refractivity contribution in [3.8, 4) is 5.75 Å². The first-order valence-electron chi connectivity index (χ1n) is 9.99. The smallest absolute Gasteiger partial charge is 0.339 e. The first kappa shape index (κ1) is 21.0. The third kappa shape index (κ3) is 4.29. The predicted molar refractivity (Wildman–Crippen MR) is 119 cm³/mol. The Hall–Kier alpha value is -4.20. The Morgan fingerprint density at radius 2 is 1.84 bits per heavy atom. The molecule has 0 atom stereocenters. The molecule has 0 spiro atoms. The quantitative estimate of drug-likeness (QED) is 0.599. The van der Waals surface area contributed by atoms with Crippen LogP contribution in [0.3, 0.4) is 0 Å². The average molecular weight is 431 g/mol. The van der Waals surface area contributed by atoms with E-state index in [0.717, 1.165) is 28.1 Å². The zero-order chi connectivity index (χ0) is 22.7. The number of nitrogens with one attached hydrogen (secondary N) is 1. The molecule has 0 saturated carbocycles. The minimum Gasteiger partial charge on any atom is -0.497 e. The van der Waals surface area contributed by atoms with Crippen molar-refractivity contribution in [1.82, 2.24) is 10.3 Å². The van der Waals surface area contributed by atoms with Crippen LogP contribution in [0.4, 0.5) is 4.79 Å². The summed E-state index contributed by atoms with van der Waals surface area (Å²) >= 11 is 0. The number of hydrogen-bond acceptors (Lipinski definition) is 6. The van der Waals surface area contributed by atoms with Gasteiger partial charge in [0.15, 0.2) is 6.61 Å². The Morgan fingerprint density at radius 3 is 2.56 bits per heavy atom. The molecule has 0 fully saturated rings. The van der Waals surface area contributed by atoms with Crippen molar-refractivity contribution in [2.24, 2.45) is 5.73 Å². The number of carbonyl (C=O) groups excluding carboxylic acids is 3. The fourth-order valence-corrected chi connectivity index (χ4v) is 3.79. The number of aromatic nitrogens is 1. The van der Waals surface area contributed by atoms with Gasteiger partial charge in [-0.3, -0.25) is 10.1 Å². The molecule has 3 amide bonds. The number of urea groups is 1. The van der Waals surface area contributed by atoms with Gasteiger partial charge in [0, 0.05) is 5.39 Å². The lowest BCUT2D eigenvalue weighted by Crippen LogP contribution is -2.37. The van der Waals surface area contributed by atoms with Crippen LogP contribution in [0.15, 0.2) is 48.5 Å². The van der Waals surface area contributed by atoms with Gasteiger partial charge in [0.1, 0.15) is 5.75 Å². The normalized spacial score (nSPS) is 13.6. The van der Waals surface area contributed by atoms with Gasteiger partial charge in [-0.15, -0.1) is 0 Å². The fraction of sp³-hybridized carbons (Fsp3) is 0.167. The minimum absolute atomic E-state index is 0.385. The largest absolute Gasteiger partial charge is 0.497 e. The first-order chi connectivity index (χ1) is 15.5. The summed E-state index contributed by atoms with van der Waals surface area (Å²) in [5.74, 6) is -0.667. The maximum Gasteiger partial charge on any atom is 0.339 e. The molecule has 3 N–H and O–H groups in total. The van der Waals surface area contributed by atoms with E-state index in [4.69, 9.17) is 20.2 Å². The fourth-order valence-electron chi connectivity index (χ4n) is 3.79. The van der Waals surface area contributed by atoms with Gasteiger partial charge in [0.25, 0.3) is 5.91 Å². The molecule has 1 aromatic heterocycles. The van der Waals surface area contributed by atoms with Crippen LogP contribution in [0, 0.1) is 0 Å². The maximum absolute atomic E-state index is 13.0. The molecule has 1 aliphatic carbocycles. The van der Waals surface area contributed by atoms with Crippen LogP contribution >= 0.6 is 0 Å². The lowest BCUT2D eigenvalue weighted by molar-refractivity contribution is -0.123. The molecule has 32 heavy (non-hydrogen) atoms. The molecule has 162 valence electrons. The Bertz CT molecular complexity index is 1250. The average Bonchev–Trinajstić information content (AvgIpc) is 3.18. The summed E-state index contributed by atoms with van der Waals surface area (Å²) in [4.78, 5) is 40.2. The number of amides is 3. The molecule has 2 aromatic carbocycles. The number of carbonyl (C=O) groups is 3. The van der Waals surface area contributed by atoms with Crippen molar-refractivity contribution in [3.05, 3.63) is 70.9 Å². The van der Waals surface area contributed by atoms with E-state index in [1.165, 1.54) is 0 Å². The number of fused-ring (bicyclic) bond motifs is 2. The number of allylic oxidation sites excluding steroid dienone is 1. The van der Waals surface area contributed by atoms with E-state index in [2.05, 4.69) is 0 Å². The van der Waals surface area contributed by atoms with Gasteiger partial charge < -0.3 is 15.2 Å². The summed E-state index contributed by atoms with van der Waals surface area (Å²) in [6.07, 6.45) is 3.38. The first-order valence-corrected chi connectivity index (χ1v) is 9.99. The number of primary amides is 1. The Balaban J connectivity index is 1.71. The second-order valence-corrected chi connectivity index (χ2v) is 7.26. The Kier molecular flexibility index (Phi) is 5.85. The number of para-hydroxylation sites is 1. The standard InChI is InChI=1S/C24H21N3O5/c1-31-16-9-6-14(7-10-16)12-15-8-11-18-21(23(29)32-13-20(28)27-24(25)30)17-4-2-3-5-19(17)26-22(15)18/h2-7,9-10,12H,8,11,13H2,1H3,(H3,25,27,28,30). The summed E-state index contributed by atoms with van der Waals surface area (Å²) in [7, 11) is 1.62. The molecule has 0 aliphatic heterocycles. The number of pyridine rings is 1. The molecule has 0 unspecified atom stereocenters.